The van der Waals surface area contributed by atoms with Crippen molar-refractivity contribution in [1.82, 2.24) is 10.2 Å². The Morgan fingerprint density at radius 1 is 1.35 bits per heavy atom. The molecule has 0 unspecified atom stereocenters. The van der Waals surface area contributed by atoms with Crippen molar-refractivity contribution < 1.29 is 8.42 Å². The zero-order valence-electron chi connectivity index (χ0n) is 9.72. The van der Waals surface area contributed by atoms with Gasteiger partial charge in [0.1, 0.15) is 4.21 Å². The zero-order chi connectivity index (χ0) is 14.3. The summed E-state index contributed by atoms with van der Waals surface area (Å²) in [7, 11) is -3.65. The summed E-state index contributed by atoms with van der Waals surface area (Å²) in [4.78, 5) is 0. The maximum Gasteiger partial charge on any atom is 0.271 e. The molecular formula is C11H7BrClN3O2S2. The van der Waals surface area contributed by atoms with Crippen LogP contribution in [0.4, 0.5) is 5.69 Å². The fraction of sp³-hybridized carbons (Fsp3) is 0. The van der Waals surface area contributed by atoms with Crippen LogP contribution in [0.2, 0.25) is 5.02 Å². The Morgan fingerprint density at radius 2 is 2.15 bits per heavy atom. The number of anilines is 1. The van der Waals surface area contributed by atoms with E-state index in [0.717, 1.165) is 22.2 Å². The number of thiophene rings is 1. The lowest BCUT2D eigenvalue weighted by atomic mass is 10.2. The number of benzene rings is 1. The number of aromatic nitrogens is 2. The van der Waals surface area contributed by atoms with Gasteiger partial charge in [0.15, 0.2) is 0 Å². The van der Waals surface area contributed by atoms with Gasteiger partial charge in [-0.05, 0) is 40.2 Å². The maximum absolute atomic E-state index is 12.2. The van der Waals surface area contributed by atoms with E-state index >= 15 is 0 Å². The predicted octanol–water partition coefficient (Wildman–Crippen LogP) is 3.84. The lowest BCUT2D eigenvalue weighted by Gasteiger charge is -2.05. The third kappa shape index (κ3) is 2.56. The second-order valence-corrected chi connectivity index (χ2v) is 8.65. The first-order valence-corrected chi connectivity index (χ1v) is 8.83. The van der Waals surface area contributed by atoms with Crippen LogP contribution in [0.15, 0.2) is 38.5 Å². The molecule has 2 heterocycles. The molecule has 0 bridgehead atoms. The van der Waals surface area contributed by atoms with Gasteiger partial charge in [-0.15, -0.1) is 11.3 Å². The highest BCUT2D eigenvalue weighted by Gasteiger charge is 2.19. The lowest BCUT2D eigenvalue weighted by molar-refractivity contribution is 0.603. The molecule has 2 N–H and O–H groups in total. The molecule has 0 saturated carbocycles. The van der Waals surface area contributed by atoms with Crippen LogP contribution in [0.1, 0.15) is 0 Å². The Labute approximate surface area is 132 Å². The molecule has 0 spiro atoms. The van der Waals surface area contributed by atoms with E-state index in [1.165, 1.54) is 6.07 Å². The summed E-state index contributed by atoms with van der Waals surface area (Å²) in [5, 5.41) is 7.96. The van der Waals surface area contributed by atoms with Gasteiger partial charge in [0.25, 0.3) is 10.0 Å². The monoisotopic (exact) mass is 391 g/mol. The van der Waals surface area contributed by atoms with Crippen LogP contribution >= 0.6 is 38.9 Å². The molecule has 0 amide bonds. The molecule has 104 valence electrons. The van der Waals surface area contributed by atoms with Gasteiger partial charge in [-0.25, -0.2) is 8.42 Å². The highest BCUT2D eigenvalue weighted by molar-refractivity contribution is 9.11. The molecule has 3 rings (SSSR count). The van der Waals surface area contributed by atoms with Gasteiger partial charge in [-0.2, -0.15) is 5.10 Å². The molecular weight excluding hydrogens is 386 g/mol. The van der Waals surface area contributed by atoms with Crippen LogP contribution in [0.25, 0.3) is 10.9 Å². The topological polar surface area (TPSA) is 74.8 Å². The number of halogens is 2. The van der Waals surface area contributed by atoms with Gasteiger partial charge in [0.05, 0.1) is 26.2 Å². The van der Waals surface area contributed by atoms with E-state index in [1.807, 2.05) is 0 Å². The van der Waals surface area contributed by atoms with Crippen molar-refractivity contribution in [2.75, 3.05) is 4.72 Å². The standard InChI is InChI=1S/C11H7BrClN3O2S2/c12-11-8(13)4-10(19-11)20(17,18)16-7-2-1-6-5-14-15-9(6)3-7/h1-5,16H,(H,14,15). The smallest absolute Gasteiger partial charge is 0.271 e. The largest absolute Gasteiger partial charge is 0.279 e. The van der Waals surface area contributed by atoms with E-state index in [-0.39, 0.29) is 4.21 Å². The van der Waals surface area contributed by atoms with Gasteiger partial charge in [-0.3, -0.25) is 9.82 Å². The van der Waals surface area contributed by atoms with Crippen LogP contribution in [-0.2, 0) is 10.0 Å². The molecule has 20 heavy (non-hydrogen) atoms. The average molecular weight is 393 g/mol. The summed E-state index contributed by atoms with van der Waals surface area (Å²) in [6.07, 6.45) is 1.67. The fourth-order valence-corrected chi connectivity index (χ4v) is 5.11. The Kier molecular flexibility index (Phi) is 3.49. The van der Waals surface area contributed by atoms with Gasteiger partial charge < -0.3 is 0 Å². The van der Waals surface area contributed by atoms with Gasteiger partial charge >= 0.3 is 0 Å². The second-order valence-electron chi connectivity index (χ2n) is 3.96. The molecule has 0 fully saturated rings. The summed E-state index contributed by atoms with van der Waals surface area (Å²) in [5.41, 5.74) is 1.22. The third-order valence-corrected chi connectivity index (χ3v) is 6.91. The zero-order valence-corrected chi connectivity index (χ0v) is 13.7. The summed E-state index contributed by atoms with van der Waals surface area (Å²) in [6.45, 7) is 0. The summed E-state index contributed by atoms with van der Waals surface area (Å²) < 4.78 is 27.7. The number of hydrogen-bond donors (Lipinski definition) is 2. The summed E-state index contributed by atoms with van der Waals surface area (Å²) in [6, 6.07) is 6.56. The number of hydrogen-bond acceptors (Lipinski definition) is 4. The number of fused-ring (bicyclic) bond motifs is 1. The van der Waals surface area contributed by atoms with E-state index in [2.05, 4.69) is 30.8 Å². The molecule has 3 aromatic rings. The van der Waals surface area contributed by atoms with Crippen molar-refractivity contribution in [3.05, 3.63) is 39.3 Å². The first kappa shape index (κ1) is 13.9. The summed E-state index contributed by atoms with van der Waals surface area (Å²) >= 11 is 10.1. The number of nitrogens with zero attached hydrogens (tertiary/aromatic N) is 1. The predicted molar refractivity (Wildman–Crippen MR) is 83.9 cm³/mol. The van der Waals surface area contributed by atoms with Crippen molar-refractivity contribution in [2.45, 2.75) is 4.21 Å². The maximum atomic E-state index is 12.2. The molecule has 1 aromatic carbocycles. The molecule has 0 saturated heterocycles. The quantitative estimate of drug-likeness (QED) is 0.711. The lowest BCUT2D eigenvalue weighted by Crippen LogP contribution is -2.11. The number of sulfonamides is 1. The SMILES string of the molecule is O=S(=O)(Nc1ccc2cn[nH]c2c1)c1cc(Cl)c(Br)s1. The van der Waals surface area contributed by atoms with E-state index in [4.69, 9.17) is 11.6 Å². The van der Waals surface area contributed by atoms with Crippen LogP contribution in [-0.4, -0.2) is 18.6 Å². The van der Waals surface area contributed by atoms with Crippen molar-refractivity contribution >= 4 is 65.5 Å². The molecule has 2 aromatic heterocycles. The number of nitrogens with one attached hydrogen (secondary N) is 2. The minimum absolute atomic E-state index is 0.152. The molecule has 0 aliphatic heterocycles. The van der Waals surface area contributed by atoms with Crippen molar-refractivity contribution in [3.63, 3.8) is 0 Å². The first-order chi connectivity index (χ1) is 9.45. The molecule has 5 nitrogen and oxygen atoms in total. The molecule has 0 radical (unpaired) electrons. The average Bonchev–Trinajstić information content (AvgIpc) is 2.96. The highest BCUT2D eigenvalue weighted by atomic mass is 79.9. The Bertz CT molecular complexity index is 869. The van der Waals surface area contributed by atoms with Crippen LogP contribution < -0.4 is 4.72 Å². The Morgan fingerprint density at radius 3 is 2.85 bits per heavy atom. The van der Waals surface area contributed by atoms with Gasteiger partial charge in [0.2, 0.25) is 0 Å². The van der Waals surface area contributed by atoms with Crippen molar-refractivity contribution in [3.8, 4) is 0 Å². The number of H-pyrrole nitrogens is 1. The minimum atomic E-state index is -3.65. The minimum Gasteiger partial charge on any atom is -0.279 e. The van der Waals surface area contributed by atoms with E-state index < -0.39 is 10.0 Å². The van der Waals surface area contributed by atoms with E-state index in [1.54, 1.807) is 24.4 Å². The molecule has 0 aliphatic rings. The molecule has 9 heteroatoms. The normalized spacial score (nSPS) is 11.9. The van der Waals surface area contributed by atoms with Crippen LogP contribution in [0.3, 0.4) is 0 Å². The van der Waals surface area contributed by atoms with E-state index in [9.17, 15) is 8.42 Å². The Hall–Kier alpha value is -1.09. The Balaban J connectivity index is 1.96. The van der Waals surface area contributed by atoms with Crippen LogP contribution in [0.5, 0.6) is 0 Å². The third-order valence-electron chi connectivity index (χ3n) is 2.58. The number of aromatic amines is 1. The van der Waals surface area contributed by atoms with E-state index in [0.29, 0.717) is 14.5 Å². The van der Waals surface area contributed by atoms with Crippen molar-refractivity contribution in [1.29, 1.82) is 0 Å². The van der Waals surface area contributed by atoms with Crippen LogP contribution in [0, 0.1) is 0 Å². The first-order valence-electron chi connectivity index (χ1n) is 5.36. The second kappa shape index (κ2) is 5.03. The fourth-order valence-electron chi connectivity index (χ4n) is 1.67. The van der Waals surface area contributed by atoms with Gasteiger partial charge in [0, 0.05) is 5.39 Å². The molecule has 0 atom stereocenters. The number of rotatable bonds is 3. The summed E-state index contributed by atoms with van der Waals surface area (Å²) in [5.74, 6) is 0. The molecule has 0 aliphatic carbocycles. The highest BCUT2D eigenvalue weighted by Crippen LogP contribution is 2.35. The van der Waals surface area contributed by atoms with Crippen molar-refractivity contribution in [2.24, 2.45) is 0 Å². The van der Waals surface area contributed by atoms with Gasteiger partial charge in [-0.1, -0.05) is 11.6 Å².